The lowest BCUT2D eigenvalue weighted by atomic mass is 10.0. The molecule has 0 saturated heterocycles. The van der Waals surface area contributed by atoms with E-state index in [9.17, 15) is 24.5 Å². The molecule has 110 valence electrons. The van der Waals surface area contributed by atoms with Gasteiger partial charge in [0.05, 0.1) is 16.8 Å². The van der Waals surface area contributed by atoms with Gasteiger partial charge >= 0.3 is 5.97 Å². The maximum atomic E-state index is 13.4. The molecule has 5 nitrogen and oxygen atoms in total. The lowest BCUT2D eigenvalue weighted by Gasteiger charge is -2.09. The Hall–Kier alpha value is -3.15. The number of halogens is 1. The van der Waals surface area contributed by atoms with Crippen molar-refractivity contribution in [3.8, 4) is 22.8 Å². The second-order valence-electron chi connectivity index (χ2n) is 4.72. The molecular formula is C16H10FNO4. The molecule has 0 fully saturated rings. The molecule has 0 aliphatic heterocycles. The maximum absolute atomic E-state index is 13.4. The van der Waals surface area contributed by atoms with Gasteiger partial charge in [-0.3, -0.25) is 0 Å². The van der Waals surface area contributed by atoms with Gasteiger partial charge in [0.1, 0.15) is 17.3 Å². The lowest BCUT2D eigenvalue weighted by Crippen LogP contribution is -2.00. The van der Waals surface area contributed by atoms with Gasteiger partial charge in [0.15, 0.2) is 0 Å². The first kappa shape index (κ1) is 13.8. The molecule has 0 atom stereocenters. The molecule has 3 aromatic rings. The summed E-state index contributed by atoms with van der Waals surface area (Å²) in [5.74, 6) is -2.02. The minimum Gasteiger partial charge on any atom is -0.508 e. The van der Waals surface area contributed by atoms with Crippen molar-refractivity contribution in [2.75, 3.05) is 0 Å². The Kier molecular flexibility index (Phi) is 3.14. The van der Waals surface area contributed by atoms with Crippen LogP contribution in [0.15, 0.2) is 42.5 Å². The fourth-order valence-electron chi connectivity index (χ4n) is 2.25. The molecule has 0 amide bonds. The summed E-state index contributed by atoms with van der Waals surface area (Å²) in [6.45, 7) is 0. The topological polar surface area (TPSA) is 90.7 Å². The number of aromatic hydroxyl groups is 2. The summed E-state index contributed by atoms with van der Waals surface area (Å²) < 4.78 is 13.4. The molecule has 0 aliphatic rings. The van der Waals surface area contributed by atoms with E-state index < -0.39 is 11.8 Å². The van der Waals surface area contributed by atoms with E-state index in [1.807, 2.05) is 0 Å². The van der Waals surface area contributed by atoms with Crippen LogP contribution < -0.4 is 0 Å². The van der Waals surface area contributed by atoms with Crippen LogP contribution >= 0.6 is 0 Å². The zero-order valence-corrected chi connectivity index (χ0v) is 11.1. The molecule has 0 saturated carbocycles. The number of hydrogen-bond acceptors (Lipinski definition) is 4. The molecule has 3 N–H and O–H groups in total. The summed E-state index contributed by atoms with van der Waals surface area (Å²) in [6, 6.07) is 8.70. The normalized spacial score (nSPS) is 10.8. The Morgan fingerprint density at radius 1 is 1.05 bits per heavy atom. The SMILES string of the molecule is O=C(O)c1cc(-c2cc(O)ccc2O)nc2cc(F)ccc12. The summed E-state index contributed by atoms with van der Waals surface area (Å²) in [4.78, 5) is 15.6. The average Bonchev–Trinajstić information content (AvgIpc) is 2.48. The average molecular weight is 299 g/mol. The molecule has 1 heterocycles. The van der Waals surface area contributed by atoms with Crippen molar-refractivity contribution in [2.24, 2.45) is 0 Å². The van der Waals surface area contributed by atoms with Crippen LogP contribution in [0.2, 0.25) is 0 Å². The fraction of sp³-hybridized carbons (Fsp3) is 0. The summed E-state index contributed by atoms with van der Waals surface area (Å²) in [5.41, 5.74) is 0.373. The third-order valence-electron chi connectivity index (χ3n) is 3.26. The summed E-state index contributed by atoms with van der Waals surface area (Å²) in [6.07, 6.45) is 0. The van der Waals surface area contributed by atoms with E-state index in [0.29, 0.717) is 0 Å². The van der Waals surface area contributed by atoms with Crippen molar-refractivity contribution >= 4 is 16.9 Å². The van der Waals surface area contributed by atoms with Crippen molar-refractivity contribution in [3.05, 3.63) is 53.8 Å². The smallest absolute Gasteiger partial charge is 0.336 e. The largest absolute Gasteiger partial charge is 0.508 e. The Balaban J connectivity index is 2.35. The number of carboxylic acid groups (broad SMARTS) is 1. The number of benzene rings is 2. The Morgan fingerprint density at radius 2 is 1.82 bits per heavy atom. The third kappa shape index (κ3) is 2.31. The van der Waals surface area contributed by atoms with Crippen LogP contribution in [0.4, 0.5) is 4.39 Å². The number of pyridine rings is 1. The van der Waals surface area contributed by atoms with Crippen molar-refractivity contribution < 1.29 is 24.5 Å². The minimum atomic E-state index is -1.19. The molecule has 0 unspecified atom stereocenters. The minimum absolute atomic E-state index is 0.0669. The van der Waals surface area contributed by atoms with Gasteiger partial charge in [-0.25, -0.2) is 14.2 Å². The van der Waals surface area contributed by atoms with E-state index in [0.717, 1.165) is 12.1 Å². The van der Waals surface area contributed by atoms with Gasteiger partial charge in [0.2, 0.25) is 0 Å². The Labute approximate surface area is 123 Å². The van der Waals surface area contributed by atoms with E-state index in [1.165, 1.54) is 30.3 Å². The van der Waals surface area contributed by atoms with Gasteiger partial charge < -0.3 is 15.3 Å². The highest BCUT2D eigenvalue weighted by Gasteiger charge is 2.15. The highest BCUT2D eigenvalue weighted by molar-refractivity contribution is 6.03. The van der Waals surface area contributed by atoms with Crippen LogP contribution in [0.25, 0.3) is 22.2 Å². The molecule has 0 bridgehead atoms. The van der Waals surface area contributed by atoms with Crippen LogP contribution in [0.1, 0.15) is 10.4 Å². The van der Waals surface area contributed by atoms with Crippen LogP contribution in [0, 0.1) is 5.82 Å². The van der Waals surface area contributed by atoms with Gasteiger partial charge in [-0.05, 0) is 36.4 Å². The number of aromatic carboxylic acids is 1. The number of phenolic OH excluding ortho intramolecular Hbond substituents is 2. The number of hydrogen-bond donors (Lipinski definition) is 3. The van der Waals surface area contributed by atoms with E-state index in [2.05, 4.69) is 4.98 Å². The molecule has 6 heteroatoms. The lowest BCUT2D eigenvalue weighted by molar-refractivity contribution is 0.0699. The first-order chi connectivity index (χ1) is 10.5. The highest BCUT2D eigenvalue weighted by atomic mass is 19.1. The van der Waals surface area contributed by atoms with E-state index in [4.69, 9.17) is 0 Å². The van der Waals surface area contributed by atoms with E-state index in [1.54, 1.807) is 0 Å². The number of nitrogens with zero attached hydrogens (tertiary/aromatic N) is 1. The molecule has 2 aromatic carbocycles. The number of carboxylic acids is 1. The molecule has 22 heavy (non-hydrogen) atoms. The molecule has 3 rings (SSSR count). The van der Waals surface area contributed by atoms with Crippen molar-refractivity contribution in [1.29, 1.82) is 0 Å². The van der Waals surface area contributed by atoms with Gasteiger partial charge in [0.25, 0.3) is 0 Å². The number of fused-ring (bicyclic) bond motifs is 1. The second kappa shape index (κ2) is 5.00. The predicted octanol–water partition coefficient (Wildman–Crippen LogP) is 3.15. The number of carbonyl (C=O) groups is 1. The van der Waals surface area contributed by atoms with Crippen molar-refractivity contribution in [2.45, 2.75) is 0 Å². The standard InChI is InChI=1S/C16H10FNO4/c17-8-1-3-10-11(16(21)22)7-14(18-13(10)5-8)12-6-9(19)2-4-15(12)20/h1-7,19-20H,(H,21,22). The van der Waals surface area contributed by atoms with Crippen molar-refractivity contribution in [3.63, 3.8) is 0 Å². The summed E-state index contributed by atoms with van der Waals surface area (Å²) in [7, 11) is 0. The van der Waals surface area contributed by atoms with Crippen molar-refractivity contribution in [1.82, 2.24) is 4.98 Å². The van der Waals surface area contributed by atoms with Gasteiger partial charge in [-0.1, -0.05) is 0 Å². The first-order valence-electron chi connectivity index (χ1n) is 6.31. The molecule has 0 spiro atoms. The Morgan fingerprint density at radius 3 is 2.55 bits per heavy atom. The zero-order valence-electron chi connectivity index (χ0n) is 11.1. The molecule has 0 radical (unpaired) electrons. The van der Waals surface area contributed by atoms with Gasteiger partial charge in [-0.2, -0.15) is 0 Å². The highest BCUT2D eigenvalue weighted by Crippen LogP contribution is 2.33. The fourth-order valence-corrected chi connectivity index (χ4v) is 2.25. The molecular weight excluding hydrogens is 289 g/mol. The molecule has 1 aromatic heterocycles. The van der Waals surface area contributed by atoms with Crippen LogP contribution in [-0.2, 0) is 0 Å². The third-order valence-corrected chi connectivity index (χ3v) is 3.26. The molecule has 0 aliphatic carbocycles. The number of aromatic nitrogens is 1. The second-order valence-corrected chi connectivity index (χ2v) is 4.72. The number of phenols is 2. The maximum Gasteiger partial charge on any atom is 0.336 e. The first-order valence-corrected chi connectivity index (χ1v) is 6.31. The number of rotatable bonds is 2. The summed E-state index contributed by atoms with van der Waals surface area (Å²) in [5, 5.41) is 29.0. The van der Waals surface area contributed by atoms with Gasteiger partial charge in [-0.15, -0.1) is 0 Å². The van der Waals surface area contributed by atoms with Crippen LogP contribution in [-0.4, -0.2) is 26.3 Å². The monoisotopic (exact) mass is 299 g/mol. The van der Waals surface area contributed by atoms with E-state index in [-0.39, 0.29) is 39.2 Å². The summed E-state index contributed by atoms with van der Waals surface area (Å²) >= 11 is 0. The van der Waals surface area contributed by atoms with Crippen LogP contribution in [0.3, 0.4) is 0 Å². The Bertz CT molecular complexity index is 908. The van der Waals surface area contributed by atoms with E-state index >= 15 is 0 Å². The van der Waals surface area contributed by atoms with Crippen LogP contribution in [0.5, 0.6) is 11.5 Å². The quantitative estimate of drug-likeness (QED) is 0.632. The predicted molar refractivity (Wildman–Crippen MR) is 77.4 cm³/mol. The van der Waals surface area contributed by atoms with Gasteiger partial charge in [0, 0.05) is 17.0 Å². The zero-order chi connectivity index (χ0) is 15.9.